The van der Waals surface area contributed by atoms with Crippen LogP contribution in [0.2, 0.25) is 0 Å². The summed E-state index contributed by atoms with van der Waals surface area (Å²) < 4.78 is 10.8. The van der Waals surface area contributed by atoms with Crippen LogP contribution in [0.1, 0.15) is 20.3 Å². The Morgan fingerprint density at radius 3 is 2.45 bits per heavy atom. The van der Waals surface area contributed by atoms with E-state index in [-0.39, 0.29) is 30.1 Å². The number of methoxy groups -OCH3 is 1. The first-order valence-corrected chi connectivity index (χ1v) is 6.50. The van der Waals surface area contributed by atoms with E-state index in [1.807, 2.05) is 31.2 Å². The van der Waals surface area contributed by atoms with Gasteiger partial charge in [-0.1, -0.05) is 6.92 Å². The van der Waals surface area contributed by atoms with Crippen LogP contribution in [0.15, 0.2) is 29.3 Å². The van der Waals surface area contributed by atoms with Gasteiger partial charge in [-0.15, -0.1) is 24.0 Å². The van der Waals surface area contributed by atoms with Crippen LogP contribution in [0.4, 0.5) is 0 Å². The van der Waals surface area contributed by atoms with Crippen LogP contribution in [0.5, 0.6) is 11.5 Å². The van der Waals surface area contributed by atoms with E-state index < -0.39 is 0 Å². The number of halogens is 1. The zero-order chi connectivity index (χ0) is 14.1. The normalized spacial score (nSPS) is 12.2. The summed E-state index contributed by atoms with van der Waals surface area (Å²) in [5, 5.41) is 3.02. The number of nitrogens with one attached hydrogen (secondary N) is 1. The van der Waals surface area contributed by atoms with E-state index in [4.69, 9.17) is 15.2 Å². The maximum absolute atomic E-state index is 5.72. The molecule has 0 aliphatic rings. The molecule has 6 heteroatoms. The average molecular weight is 393 g/mol. The van der Waals surface area contributed by atoms with Crippen molar-refractivity contribution in [1.29, 1.82) is 0 Å². The van der Waals surface area contributed by atoms with Crippen molar-refractivity contribution >= 4 is 29.9 Å². The highest BCUT2D eigenvalue weighted by Gasteiger charge is 2.03. The minimum absolute atomic E-state index is 0. The summed E-state index contributed by atoms with van der Waals surface area (Å²) in [6.45, 7) is 5.40. The highest BCUT2D eigenvalue weighted by Crippen LogP contribution is 2.18. The van der Waals surface area contributed by atoms with E-state index in [0.717, 1.165) is 24.5 Å². The van der Waals surface area contributed by atoms with Crippen molar-refractivity contribution in [1.82, 2.24) is 5.32 Å². The maximum Gasteiger partial charge on any atom is 0.188 e. The fourth-order valence-electron chi connectivity index (χ4n) is 1.46. The predicted molar refractivity (Wildman–Crippen MR) is 93.3 cm³/mol. The third kappa shape index (κ3) is 7.42. The van der Waals surface area contributed by atoms with Crippen LogP contribution in [0.25, 0.3) is 0 Å². The lowest BCUT2D eigenvalue weighted by molar-refractivity contribution is 0.230. The molecular weight excluding hydrogens is 369 g/mol. The van der Waals surface area contributed by atoms with Gasteiger partial charge in [-0.2, -0.15) is 0 Å². The molecule has 0 aliphatic carbocycles. The number of nitrogens with two attached hydrogens (primary N) is 1. The smallest absolute Gasteiger partial charge is 0.188 e. The van der Waals surface area contributed by atoms with Crippen LogP contribution < -0.4 is 20.5 Å². The minimum atomic E-state index is -0.0321. The fourth-order valence-corrected chi connectivity index (χ4v) is 1.46. The monoisotopic (exact) mass is 393 g/mol. The van der Waals surface area contributed by atoms with Crippen LogP contribution in [-0.2, 0) is 0 Å². The molecule has 1 aromatic rings. The van der Waals surface area contributed by atoms with Crippen LogP contribution in [0.3, 0.4) is 0 Å². The molecule has 0 radical (unpaired) electrons. The van der Waals surface area contributed by atoms with E-state index in [0.29, 0.717) is 12.5 Å². The Bertz CT molecular complexity index is 396. The first-order chi connectivity index (χ1) is 9.15. The number of guanidine groups is 1. The van der Waals surface area contributed by atoms with Gasteiger partial charge in [0.15, 0.2) is 5.96 Å². The second kappa shape index (κ2) is 10.6. The molecule has 114 valence electrons. The molecule has 1 aromatic carbocycles. The molecule has 0 bridgehead atoms. The number of hydrogen-bond donors (Lipinski definition) is 2. The summed E-state index contributed by atoms with van der Waals surface area (Å²) in [5.41, 5.74) is 5.71. The van der Waals surface area contributed by atoms with Crippen LogP contribution in [-0.4, -0.2) is 32.3 Å². The molecule has 5 nitrogen and oxygen atoms in total. The molecule has 1 atom stereocenters. The van der Waals surface area contributed by atoms with Gasteiger partial charge < -0.3 is 20.5 Å². The van der Waals surface area contributed by atoms with Crippen molar-refractivity contribution in [2.75, 3.05) is 20.2 Å². The largest absolute Gasteiger partial charge is 0.497 e. The number of nitrogens with zero attached hydrogens (tertiary/aromatic N) is 1. The number of benzene rings is 1. The minimum Gasteiger partial charge on any atom is -0.497 e. The third-order valence-electron chi connectivity index (χ3n) is 2.47. The SMILES string of the molecule is CCCNC(N)=NCC(C)Oc1ccc(OC)cc1.I. The van der Waals surface area contributed by atoms with Crippen molar-refractivity contribution in [2.24, 2.45) is 10.7 Å². The van der Waals surface area contributed by atoms with Gasteiger partial charge in [0.05, 0.1) is 13.7 Å². The van der Waals surface area contributed by atoms with Gasteiger partial charge in [-0.05, 0) is 37.6 Å². The Hall–Kier alpha value is -1.18. The first-order valence-electron chi connectivity index (χ1n) is 6.50. The fraction of sp³-hybridized carbons (Fsp3) is 0.500. The summed E-state index contributed by atoms with van der Waals surface area (Å²) in [5.74, 6) is 2.07. The third-order valence-corrected chi connectivity index (χ3v) is 2.47. The van der Waals surface area contributed by atoms with Crippen molar-refractivity contribution in [3.8, 4) is 11.5 Å². The molecule has 20 heavy (non-hydrogen) atoms. The Morgan fingerprint density at radius 1 is 1.30 bits per heavy atom. The van der Waals surface area contributed by atoms with Gasteiger partial charge in [0.1, 0.15) is 17.6 Å². The first kappa shape index (κ1) is 18.8. The summed E-state index contributed by atoms with van der Waals surface area (Å²) in [6, 6.07) is 7.47. The lowest BCUT2D eigenvalue weighted by Crippen LogP contribution is -2.33. The second-order valence-electron chi connectivity index (χ2n) is 4.26. The molecule has 0 spiro atoms. The number of hydrogen-bond acceptors (Lipinski definition) is 3. The molecule has 1 unspecified atom stereocenters. The van der Waals surface area contributed by atoms with Gasteiger partial charge in [0.2, 0.25) is 0 Å². The molecule has 0 aliphatic heterocycles. The lowest BCUT2D eigenvalue weighted by Gasteiger charge is -2.13. The standard InChI is InChI=1S/C14H23N3O2.HI/c1-4-9-16-14(15)17-10-11(2)19-13-7-5-12(18-3)6-8-13;/h5-8,11H,4,9-10H2,1-3H3,(H3,15,16,17);1H. The highest BCUT2D eigenvalue weighted by atomic mass is 127. The van der Waals surface area contributed by atoms with Gasteiger partial charge in [-0.3, -0.25) is 0 Å². The number of aliphatic imine (C=N–C) groups is 1. The van der Waals surface area contributed by atoms with E-state index in [1.165, 1.54) is 0 Å². The van der Waals surface area contributed by atoms with Gasteiger partial charge in [-0.25, -0.2) is 4.99 Å². The van der Waals surface area contributed by atoms with E-state index in [1.54, 1.807) is 7.11 Å². The molecule has 0 amide bonds. The van der Waals surface area contributed by atoms with Crippen LogP contribution in [0, 0.1) is 0 Å². The molecule has 3 N–H and O–H groups in total. The highest BCUT2D eigenvalue weighted by molar-refractivity contribution is 14.0. The van der Waals surface area contributed by atoms with E-state index >= 15 is 0 Å². The molecule has 0 saturated heterocycles. The van der Waals surface area contributed by atoms with Gasteiger partial charge >= 0.3 is 0 Å². The Kier molecular flexibility index (Phi) is 9.96. The summed E-state index contributed by atoms with van der Waals surface area (Å²) in [6.07, 6.45) is 0.990. The summed E-state index contributed by atoms with van der Waals surface area (Å²) in [4.78, 5) is 4.23. The molecule has 0 saturated carbocycles. The Morgan fingerprint density at radius 2 is 1.90 bits per heavy atom. The van der Waals surface area contributed by atoms with Gasteiger partial charge in [0.25, 0.3) is 0 Å². The lowest BCUT2D eigenvalue weighted by atomic mass is 10.3. The summed E-state index contributed by atoms with van der Waals surface area (Å²) in [7, 11) is 1.64. The van der Waals surface area contributed by atoms with Gasteiger partial charge in [0, 0.05) is 6.54 Å². The molecule has 0 aromatic heterocycles. The van der Waals surface area contributed by atoms with E-state index in [9.17, 15) is 0 Å². The van der Waals surface area contributed by atoms with Crippen molar-refractivity contribution in [3.63, 3.8) is 0 Å². The quantitative estimate of drug-likeness (QED) is 0.424. The van der Waals surface area contributed by atoms with Crippen molar-refractivity contribution in [3.05, 3.63) is 24.3 Å². The molecule has 0 heterocycles. The van der Waals surface area contributed by atoms with Crippen molar-refractivity contribution in [2.45, 2.75) is 26.4 Å². The molecular formula is C14H24IN3O2. The van der Waals surface area contributed by atoms with Crippen LogP contribution >= 0.6 is 24.0 Å². The maximum atomic E-state index is 5.72. The topological polar surface area (TPSA) is 68.9 Å². The average Bonchev–Trinajstić information content (AvgIpc) is 2.43. The zero-order valence-electron chi connectivity index (χ0n) is 12.3. The number of rotatable bonds is 7. The molecule has 1 rings (SSSR count). The Labute approximate surface area is 138 Å². The zero-order valence-corrected chi connectivity index (χ0v) is 14.6. The predicted octanol–water partition coefficient (Wildman–Crippen LogP) is 2.39. The molecule has 0 fully saturated rings. The Balaban J connectivity index is 0.00000361. The van der Waals surface area contributed by atoms with Crippen molar-refractivity contribution < 1.29 is 9.47 Å². The summed E-state index contributed by atoms with van der Waals surface area (Å²) >= 11 is 0. The number of ether oxygens (including phenoxy) is 2. The van der Waals surface area contributed by atoms with E-state index in [2.05, 4.69) is 17.2 Å². The second-order valence-corrected chi connectivity index (χ2v) is 4.26.